The first-order valence-electron chi connectivity index (χ1n) is 7.43. The van der Waals surface area contributed by atoms with Crippen molar-refractivity contribution in [2.24, 2.45) is 0 Å². The Kier molecular flexibility index (Phi) is 5.15. The van der Waals surface area contributed by atoms with E-state index >= 15 is 0 Å². The lowest BCUT2D eigenvalue weighted by atomic mass is 10.1. The minimum Gasteiger partial charge on any atom is -0.484 e. The lowest BCUT2D eigenvalue weighted by Crippen LogP contribution is -2.23. The summed E-state index contributed by atoms with van der Waals surface area (Å²) >= 11 is 1.01. The highest BCUT2D eigenvalue weighted by Gasteiger charge is 2.08. The summed E-state index contributed by atoms with van der Waals surface area (Å²) in [5.74, 6) is 0.277. The maximum absolute atomic E-state index is 11.9. The van der Waals surface area contributed by atoms with E-state index in [-0.39, 0.29) is 18.2 Å². The van der Waals surface area contributed by atoms with Gasteiger partial charge in [-0.15, -0.1) is 0 Å². The number of non-ortho nitro benzene ring substituents is 1. The Labute approximate surface area is 148 Å². The maximum Gasteiger partial charge on any atom is 0.270 e. The lowest BCUT2D eigenvalue weighted by Gasteiger charge is -2.08. The molecule has 0 atom stereocenters. The van der Waals surface area contributed by atoms with Crippen LogP contribution in [0.2, 0.25) is 0 Å². The molecular weight excluding hydrogens is 340 g/mol. The fraction of sp³-hybridized carbons (Fsp3) is 0.0556. The topological polar surface area (TPSA) is 81.5 Å². The standard InChI is InChI=1S/C18H14N2O4S/c21-18(19-25-17-7-3-6-15(11-17)20(22)23)12-24-16-9-8-13-4-1-2-5-14(13)10-16/h1-11H,12H2,(H,19,21). The van der Waals surface area contributed by atoms with Crippen LogP contribution in [0.15, 0.2) is 71.6 Å². The normalized spacial score (nSPS) is 10.4. The fourth-order valence-electron chi connectivity index (χ4n) is 2.21. The Morgan fingerprint density at radius 1 is 1.04 bits per heavy atom. The first kappa shape index (κ1) is 16.8. The number of nitrogens with one attached hydrogen (secondary N) is 1. The lowest BCUT2D eigenvalue weighted by molar-refractivity contribution is -0.385. The minimum absolute atomic E-state index is 0.0216. The van der Waals surface area contributed by atoms with Crippen molar-refractivity contribution < 1.29 is 14.5 Å². The average Bonchev–Trinajstić information content (AvgIpc) is 2.64. The highest BCUT2D eigenvalue weighted by atomic mass is 32.2. The number of amides is 1. The molecule has 3 rings (SSSR count). The summed E-state index contributed by atoms with van der Waals surface area (Å²) in [4.78, 5) is 22.7. The summed E-state index contributed by atoms with van der Waals surface area (Å²) in [5.41, 5.74) is -0.0216. The van der Waals surface area contributed by atoms with E-state index in [0.29, 0.717) is 10.6 Å². The van der Waals surface area contributed by atoms with Gasteiger partial charge in [0.15, 0.2) is 6.61 Å². The molecule has 3 aromatic rings. The van der Waals surface area contributed by atoms with Gasteiger partial charge in [0, 0.05) is 17.0 Å². The first-order chi connectivity index (χ1) is 12.1. The molecule has 0 spiro atoms. The predicted molar refractivity (Wildman–Crippen MR) is 96.5 cm³/mol. The number of nitro benzene ring substituents is 1. The van der Waals surface area contributed by atoms with Crippen LogP contribution in [0.1, 0.15) is 0 Å². The van der Waals surface area contributed by atoms with Gasteiger partial charge in [-0.3, -0.25) is 19.6 Å². The minimum atomic E-state index is -0.477. The van der Waals surface area contributed by atoms with Crippen LogP contribution >= 0.6 is 11.9 Å². The van der Waals surface area contributed by atoms with E-state index in [9.17, 15) is 14.9 Å². The molecule has 0 unspecified atom stereocenters. The number of carbonyl (C=O) groups is 1. The molecule has 6 nitrogen and oxygen atoms in total. The Bertz CT molecular complexity index is 930. The molecule has 0 radical (unpaired) electrons. The SMILES string of the molecule is O=C(COc1ccc2ccccc2c1)NSc1cccc([N+](=O)[O-])c1. The number of fused-ring (bicyclic) bond motifs is 1. The van der Waals surface area contributed by atoms with Crippen molar-refractivity contribution in [3.8, 4) is 5.75 Å². The number of hydrogen-bond acceptors (Lipinski definition) is 5. The highest BCUT2D eigenvalue weighted by Crippen LogP contribution is 2.22. The Morgan fingerprint density at radius 2 is 1.84 bits per heavy atom. The average molecular weight is 354 g/mol. The maximum atomic E-state index is 11.9. The fourth-order valence-corrected chi connectivity index (χ4v) is 2.83. The summed E-state index contributed by atoms with van der Waals surface area (Å²) in [5, 5.41) is 12.9. The summed E-state index contributed by atoms with van der Waals surface area (Å²) < 4.78 is 8.10. The zero-order chi connectivity index (χ0) is 17.6. The smallest absolute Gasteiger partial charge is 0.270 e. The second-order valence-corrected chi connectivity index (χ2v) is 6.06. The number of rotatable bonds is 6. The molecule has 0 bridgehead atoms. The van der Waals surface area contributed by atoms with Crippen molar-refractivity contribution in [3.05, 3.63) is 76.8 Å². The molecule has 0 aromatic heterocycles. The molecule has 0 saturated heterocycles. The van der Waals surface area contributed by atoms with E-state index in [4.69, 9.17) is 4.74 Å². The molecule has 126 valence electrons. The highest BCUT2D eigenvalue weighted by molar-refractivity contribution is 7.98. The summed E-state index contributed by atoms with van der Waals surface area (Å²) in [7, 11) is 0. The zero-order valence-electron chi connectivity index (χ0n) is 13.0. The number of ether oxygens (including phenoxy) is 1. The predicted octanol–water partition coefficient (Wildman–Crippen LogP) is 3.95. The molecule has 7 heteroatoms. The molecular formula is C18H14N2O4S. The van der Waals surface area contributed by atoms with Gasteiger partial charge in [-0.2, -0.15) is 0 Å². The second-order valence-electron chi connectivity index (χ2n) is 5.18. The first-order valence-corrected chi connectivity index (χ1v) is 8.25. The van der Waals surface area contributed by atoms with Gasteiger partial charge in [-0.05, 0) is 40.9 Å². The van der Waals surface area contributed by atoms with Crippen LogP contribution in [0.3, 0.4) is 0 Å². The van der Waals surface area contributed by atoms with Crippen LogP contribution in [-0.4, -0.2) is 17.4 Å². The van der Waals surface area contributed by atoms with Crippen molar-refractivity contribution >= 4 is 34.3 Å². The molecule has 0 saturated carbocycles. The van der Waals surface area contributed by atoms with Crippen LogP contribution < -0.4 is 9.46 Å². The third kappa shape index (κ3) is 4.48. The van der Waals surface area contributed by atoms with Crippen molar-refractivity contribution in [2.75, 3.05) is 6.61 Å². The molecule has 3 aromatic carbocycles. The van der Waals surface area contributed by atoms with E-state index in [2.05, 4.69) is 4.72 Å². The summed E-state index contributed by atoms with van der Waals surface area (Å²) in [6.45, 7) is -0.139. The van der Waals surface area contributed by atoms with Crippen LogP contribution in [0, 0.1) is 10.1 Å². The molecule has 0 aliphatic rings. The van der Waals surface area contributed by atoms with Crippen LogP contribution in [0.4, 0.5) is 5.69 Å². The third-order valence-corrected chi connectivity index (χ3v) is 4.22. The summed E-state index contributed by atoms with van der Waals surface area (Å²) in [6.07, 6.45) is 0. The van der Waals surface area contributed by atoms with Gasteiger partial charge in [0.2, 0.25) is 0 Å². The number of nitro groups is 1. The van der Waals surface area contributed by atoms with E-state index in [1.165, 1.54) is 12.1 Å². The van der Waals surface area contributed by atoms with Crippen LogP contribution in [0.25, 0.3) is 10.8 Å². The Hall–Kier alpha value is -3.06. The number of hydrogen-bond donors (Lipinski definition) is 1. The van der Waals surface area contributed by atoms with Gasteiger partial charge in [0.25, 0.3) is 11.6 Å². The van der Waals surface area contributed by atoms with Crippen molar-refractivity contribution in [1.82, 2.24) is 4.72 Å². The largest absolute Gasteiger partial charge is 0.484 e. The van der Waals surface area contributed by atoms with Crippen molar-refractivity contribution in [3.63, 3.8) is 0 Å². The summed E-state index contributed by atoms with van der Waals surface area (Å²) in [6, 6.07) is 19.5. The Balaban J connectivity index is 1.53. The van der Waals surface area contributed by atoms with Gasteiger partial charge in [-0.25, -0.2) is 0 Å². The number of nitrogens with zero attached hydrogens (tertiary/aromatic N) is 1. The Morgan fingerprint density at radius 3 is 2.64 bits per heavy atom. The van der Waals surface area contributed by atoms with Gasteiger partial charge in [0.1, 0.15) is 5.75 Å². The molecule has 0 heterocycles. The molecule has 1 amide bonds. The third-order valence-electron chi connectivity index (χ3n) is 3.40. The number of benzene rings is 3. The van der Waals surface area contributed by atoms with E-state index in [1.54, 1.807) is 12.1 Å². The molecule has 25 heavy (non-hydrogen) atoms. The van der Waals surface area contributed by atoms with Crippen LogP contribution in [-0.2, 0) is 4.79 Å². The zero-order valence-corrected chi connectivity index (χ0v) is 13.9. The van der Waals surface area contributed by atoms with E-state index < -0.39 is 4.92 Å². The van der Waals surface area contributed by atoms with Gasteiger partial charge < -0.3 is 4.74 Å². The van der Waals surface area contributed by atoms with E-state index in [1.807, 2.05) is 42.5 Å². The van der Waals surface area contributed by atoms with Gasteiger partial charge >= 0.3 is 0 Å². The second kappa shape index (κ2) is 7.67. The monoisotopic (exact) mass is 354 g/mol. The number of carbonyl (C=O) groups excluding carboxylic acids is 1. The van der Waals surface area contributed by atoms with Gasteiger partial charge in [0.05, 0.1) is 4.92 Å². The van der Waals surface area contributed by atoms with Crippen LogP contribution in [0.5, 0.6) is 5.75 Å². The quantitative estimate of drug-likeness (QED) is 0.412. The van der Waals surface area contributed by atoms with Crippen molar-refractivity contribution in [1.29, 1.82) is 0 Å². The van der Waals surface area contributed by atoms with Crippen molar-refractivity contribution in [2.45, 2.75) is 4.90 Å². The molecule has 1 N–H and O–H groups in total. The molecule has 0 aliphatic heterocycles. The molecule has 0 fully saturated rings. The molecule has 0 aliphatic carbocycles. The van der Waals surface area contributed by atoms with Gasteiger partial charge in [-0.1, -0.05) is 36.4 Å². The van der Waals surface area contributed by atoms with E-state index in [0.717, 1.165) is 22.7 Å².